The molecule has 19 heavy (non-hydrogen) atoms. The summed E-state index contributed by atoms with van der Waals surface area (Å²) in [6, 6.07) is 5.40. The highest BCUT2D eigenvalue weighted by Gasteiger charge is 2.08. The first kappa shape index (κ1) is 13.4. The van der Waals surface area contributed by atoms with E-state index in [4.69, 9.17) is 5.73 Å². The molecule has 2 rings (SSSR count). The number of pyridine rings is 1. The Labute approximate surface area is 111 Å². The van der Waals surface area contributed by atoms with E-state index in [1.165, 1.54) is 0 Å². The Hall–Kier alpha value is -2.05. The molecule has 2 aromatic heterocycles. The zero-order valence-corrected chi connectivity index (χ0v) is 10.7. The summed E-state index contributed by atoms with van der Waals surface area (Å²) in [6.45, 7) is 2.53. The first-order chi connectivity index (χ1) is 9.19. The molecule has 0 aliphatic heterocycles. The molecular weight excluding hydrogens is 242 g/mol. The third-order valence-electron chi connectivity index (χ3n) is 2.65. The minimum Gasteiger partial charge on any atom is -0.387 e. The molecule has 0 saturated carbocycles. The molecule has 0 bridgehead atoms. The number of aliphatic hydroxyl groups is 1. The largest absolute Gasteiger partial charge is 0.387 e. The van der Waals surface area contributed by atoms with Gasteiger partial charge in [0.2, 0.25) is 0 Å². The number of hydrogen-bond donors (Lipinski definition) is 3. The summed E-state index contributed by atoms with van der Waals surface area (Å²) >= 11 is 0. The second-order valence-corrected chi connectivity index (χ2v) is 4.18. The van der Waals surface area contributed by atoms with Gasteiger partial charge in [-0.2, -0.15) is 0 Å². The van der Waals surface area contributed by atoms with Gasteiger partial charge in [0.15, 0.2) is 0 Å². The molecule has 0 fully saturated rings. The van der Waals surface area contributed by atoms with Crippen LogP contribution in [0.15, 0.2) is 30.6 Å². The Bertz CT molecular complexity index is 532. The van der Waals surface area contributed by atoms with Crippen molar-refractivity contribution in [3.63, 3.8) is 0 Å². The molecule has 0 spiro atoms. The van der Waals surface area contributed by atoms with Gasteiger partial charge in [-0.1, -0.05) is 6.07 Å². The molecule has 6 heteroatoms. The monoisotopic (exact) mass is 259 g/mol. The molecule has 0 aromatic carbocycles. The minimum absolute atomic E-state index is 0.353. The van der Waals surface area contributed by atoms with Crippen LogP contribution in [0.5, 0.6) is 0 Å². The van der Waals surface area contributed by atoms with Crippen molar-refractivity contribution in [3.05, 3.63) is 47.7 Å². The van der Waals surface area contributed by atoms with Crippen LogP contribution in [0, 0.1) is 6.92 Å². The Morgan fingerprint density at radius 3 is 2.95 bits per heavy atom. The van der Waals surface area contributed by atoms with Crippen LogP contribution >= 0.6 is 0 Å². The Kier molecular flexibility index (Phi) is 4.38. The van der Waals surface area contributed by atoms with Crippen molar-refractivity contribution in [1.29, 1.82) is 0 Å². The van der Waals surface area contributed by atoms with Crippen LogP contribution < -0.4 is 11.1 Å². The van der Waals surface area contributed by atoms with Crippen molar-refractivity contribution in [2.24, 2.45) is 5.73 Å². The topological polar surface area (TPSA) is 97.0 Å². The maximum Gasteiger partial charge on any atom is 0.130 e. The van der Waals surface area contributed by atoms with Gasteiger partial charge in [0.1, 0.15) is 11.6 Å². The smallest absolute Gasteiger partial charge is 0.130 e. The molecule has 4 N–H and O–H groups in total. The summed E-state index contributed by atoms with van der Waals surface area (Å²) in [5, 5.41) is 13.1. The maximum atomic E-state index is 10.0. The van der Waals surface area contributed by atoms with Gasteiger partial charge in [0, 0.05) is 37.1 Å². The van der Waals surface area contributed by atoms with E-state index in [1.807, 2.05) is 13.0 Å². The van der Waals surface area contributed by atoms with E-state index in [0.29, 0.717) is 24.7 Å². The molecule has 0 radical (unpaired) electrons. The Morgan fingerprint density at radius 2 is 2.26 bits per heavy atom. The lowest BCUT2D eigenvalue weighted by Gasteiger charge is -2.13. The van der Waals surface area contributed by atoms with Crippen molar-refractivity contribution in [1.82, 2.24) is 15.0 Å². The van der Waals surface area contributed by atoms with Gasteiger partial charge in [-0.15, -0.1) is 0 Å². The van der Waals surface area contributed by atoms with Gasteiger partial charge in [0.05, 0.1) is 11.8 Å². The van der Waals surface area contributed by atoms with Crippen LogP contribution in [0.4, 0.5) is 5.82 Å². The predicted octanol–water partition coefficient (Wildman–Crippen LogP) is 0.784. The molecule has 2 aromatic rings. The fraction of sp³-hybridized carbons (Fsp3) is 0.308. The van der Waals surface area contributed by atoms with Gasteiger partial charge in [0.25, 0.3) is 0 Å². The lowest BCUT2D eigenvalue weighted by atomic mass is 10.1. The minimum atomic E-state index is -0.634. The summed E-state index contributed by atoms with van der Waals surface area (Å²) in [7, 11) is 0. The van der Waals surface area contributed by atoms with Gasteiger partial charge >= 0.3 is 0 Å². The number of aliphatic hydroxyl groups excluding tert-OH is 1. The number of hydrogen-bond acceptors (Lipinski definition) is 6. The van der Waals surface area contributed by atoms with Gasteiger partial charge in [-0.3, -0.25) is 4.98 Å². The third-order valence-corrected chi connectivity index (χ3v) is 2.65. The first-order valence-corrected chi connectivity index (χ1v) is 6.05. The molecule has 100 valence electrons. The van der Waals surface area contributed by atoms with E-state index in [-0.39, 0.29) is 0 Å². The SMILES string of the molecule is Cc1nc(CN)cc(NCC(O)c2cccnc2)n1. The average Bonchev–Trinajstić information content (AvgIpc) is 2.45. The highest BCUT2D eigenvalue weighted by Crippen LogP contribution is 2.12. The van der Waals surface area contributed by atoms with E-state index < -0.39 is 6.10 Å². The summed E-state index contributed by atoms with van der Waals surface area (Å²) in [6.07, 6.45) is 2.68. The van der Waals surface area contributed by atoms with Crippen LogP contribution in [0.3, 0.4) is 0 Å². The fourth-order valence-electron chi connectivity index (χ4n) is 1.72. The predicted molar refractivity (Wildman–Crippen MR) is 72.3 cm³/mol. The zero-order chi connectivity index (χ0) is 13.7. The second-order valence-electron chi connectivity index (χ2n) is 4.18. The van der Waals surface area contributed by atoms with Crippen molar-refractivity contribution < 1.29 is 5.11 Å². The lowest BCUT2D eigenvalue weighted by Crippen LogP contribution is -2.14. The van der Waals surface area contributed by atoms with Crippen LogP contribution in [0.1, 0.15) is 23.2 Å². The average molecular weight is 259 g/mol. The Balaban J connectivity index is 2.01. The number of aryl methyl sites for hydroxylation is 1. The number of nitrogens with one attached hydrogen (secondary N) is 1. The molecule has 1 unspecified atom stereocenters. The summed E-state index contributed by atoms with van der Waals surface area (Å²) in [4.78, 5) is 12.4. The van der Waals surface area contributed by atoms with Crippen molar-refractivity contribution >= 4 is 5.82 Å². The van der Waals surface area contributed by atoms with Crippen LogP contribution in [-0.2, 0) is 6.54 Å². The Morgan fingerprint density at radius 1 is 1.42 bits per heavy atom. The molecule has 0 aliphatic rings. The number of aromatic nitrogens is 3. The summed E-state index contributed by atoms with van der Waals surface area (Å²) in [5.41, 5.74) is 7.09. The van der Waals surface area contributed by atoms with Crippen LogP contribution in [0.2, 0.25) is 0 Å². The van der Waals surface area contributed by atoms with Crippen molar-refractivity contribution in [2.45, 2.75) is 19.6 Å². The van der Waals surface area contributed by atoms with E-state index in [0.717, 1.165) is 11.3 Å². The first-order valence-electron chi connectivity index (χ1n) is 6.05. The van der Waals surface area contributed by atoms with Gasteiger partial charge in [-0.05, 0) is 13.0 Å². The van der Waals surface area contributed by atoms with Crippen molar-refractivity contribution in [2.75, 3.05) is 11.9 Å². The standard InChI is InChI=1S/C13H17N5O/c1-9-17-11(6-14)5-13(18-9)16-8-12(19)10-3-2-4-15-7-10/h2-5,7,12,19H,6,8,14H2,1H3,(H,16,17,18). The number of anilines is 1. The van der Waals surface area contributed by atoms with Crippen LogP contribution in [-0.4, -0.2) is 26.6 Å². The normalized spacial score (nSPS) is 12.2. The lowest BCUT2D eigenvalue weighted by molar-refractivity contribution is 0.191. The van der Waals surface area contributed by atoms with E-state index >= 15 is 0 Å². The number of nitrogens with two attached hydrogens (primary N) is 1. The van der Waals surface area contributed by atoms with Gasteiger partial charge < -0.3 is 16.2 Å². The quantitative estimate of drug-likeness (QED) is 0.734. The summed E-state index contributed by atoms with van der Waals surface area (Å²) in [5.74, 6) is 1.32. The molecular formula is C13H17N5O. The second kappa shape index (κ2) is 6.21. The van der Waals surface area contributed by atoms with E-state index in [9.17, 15) is 5.11 Å². The fourth-order valence-corrected chi connectivity index (χ4v) is 1.72. The zero-order valence-electron chi connectivity index (χ0n) is 10.7. The van der Waals surface area contributed by atoms with Crippen LogP contribution in [0.25, 0.3) is 0 Å². The highest BCUT2D eigenvalue weighted by atomic mass is 16.3. The molecule has 0 aliphatic carbocycles. The van der Waals surface area contributed by atoms with E-state index in [2.05, 4.69) is 20.3 Å². The number of rotatable bonds is 5. The maximum absolute atomic E-state index is 10.0. The third kappa shape index (κ3) is 3.70. The van der Waals surface area contributed by atoms with E-state index in [1.54, 1.807) is 24.5 Å². The highest BCUT2D eigenvalue weighted by molar-refractivity contribution is 5.36. The summed E-state index contributed by atoms with van der Waals surface area (Å²) < 4.78 is 0. The molecule has 0 amide bonds. The molecule has 0 saturated heterocycles. The van der Waals surface area contributed by atoms with Gasteiger partial charge in [-0.25, -0.2) is 9.97 Å². The number of nitrogens with zero attached hydrogens (tertiary/aromatic N) is 3. The van der Waals surface area contributed by atoms with Crippen molar-refractivity contribution in [3.8, 4) is 0 Å². The molecule has 2 heterocycles. The molecule has 6 nitrogen and oxygen atoms in total. The molecule has 1 atom stereocenters.